The lowest BCUT2D eigenvalue weighted by atomic mass is 10.3. The average Bonchev–Trinajstić information content (AvgIpc) is 3.04. The number of carbonyl (C=O) groups excluding carboxylic acids is 1. The topological polar surface area (TPSA) is 34.0 Å². The van der Waals surface area contributed by atoms with Crippen molar-refractivity contribution in [1.82, 2.24) is 9.88 Å². The zero-order chi connectivity index (χ0) is 13.4. The van der Waals surface area contributed by atoms with Gasteiger partial charge in [0, 0.05) is 21.6 Å². The summed E-state index contributed by atoms with van der Waals surface area (Å²) in [6, 6.07) is 4.49. The molecule has 100 valence electrons. The van der Waals surface area contributed by atoms with Gasteiger partial charge < -0.3 is 9.88 Å². The lowest BCUT2D eigenvalue weighted by Gasteiger charge is -2.08. The number of rotatable bonds is 4. The average molecular weight is 339 g/mol. The first kappa shape index (κ1) is 12.9. The molecule has 0 spiro atoms. The van der Waals surface area contributed by atoms with Crippen molar-refractivity contribution in [3.8, 4) is 0 Å². The van der Waals surface area contributed by atoms with E-state index in [9.17, 15) is 4.79 Å². The Kier molecular flexibility index (Phi) is 3.50. The van der Waals surface area contributed by atoms with E-state index in [0.29, 0.717) is 12.6 Å². The monoisotopic (exact) mass is 338 g/mol. The van der Waals surface area contributed by atoms with Gasteiger partial charge in [0.2, 0.25) is 0 Å². The highest BCUT2D eigenvalue weighted by Gasteiger charge is 2.27. The molecule has 3 rings (SSSR count). The zero-order valence-corrected chi connectivity index (χ0v) is 13.1. The van der Waals surface area contributed by atoms with Crippen molar-refractivity contribution >= 4 is 33.2 Å². The summed E-state index contributed by atoms with van der Waals surface area (Å²) in [4.78, 5) is 13.5. The van der Waals surface area contributed by atoms with Crippen molar-refractivity contribution in [1.29, 1.82) is 0 Å². The molecule has 1 aliphatic carbocycles. The van der Waals surface area contributed by atoms with Crippen molar-refractivity contribution in [2.24, 2.45) is 0 Å². The molecule has 1 saturated carbocycles. The molecule has 1 aliphatic rings. The van der Waals surface area contributed by atoms with Crippen LogP contribution in [-0.4, -0.2) is 10.5 Å². The Labute approximate surface area is 124 Å². The van der Waals surface area contributed by atoms with Gasteiger partial charge in [-0.1, -0.05) is 0 Å². The van der Waals surface area contributed by atoms with Gasteiger partial charge in [-0.3, -0.25) is 4.79 Å². The predicted molar refractivity (Wildman–Crippen MR) is 80.6 cm³/mol. The van der Waals surface area contributed by atoms with Gasteiger partial charge in [-0.25, -0.2) is 0 Å². The number of carbonyl (C=O) groups is 1. The van der Waals surface area contributed by atoms with Crippen molar-refractivity contribution in [2.75, 3.05) is 0 Å². The number of aryl methyl sites for hydroxylation is 1. The van der Waals surface area contributed by atoms with E-state index < -0.39 is 0 Å². The van der Waals surface area contributed by atoms with Crippen LogP contribution in [0.3, 0.4) is 0 Å². The van der Waals surface area contributed by atoms with Crippen molar-refractivity contribution < 1.29 is 4.79 Å². The van der Waals surface area contributed by atoms with Gasteiger partial charge in [-0.15, -0.1) is 11.3 Å². The van der Waals surface area contributed by atoms with E-state index in [1.165, 1.54) is 23.3 Å². The van der Waals surface area contributed by atoms with E-state index in [-0.39, 0.29) is 5.91 Å². The van der Waals surface area contributed by atoms with Crippen molar-refractivity contribution in [3.05, 3.63) is 44.3 Å². The van der Waals surface area contributed by atoms with Gasteiger partial charge in [0.15, 0.2) is 0 Å². The number of nitrogens with one attached hydrogen (secondary N) is 1. The van der Waals surface area contributed by atoms with E-state index in [2.05, 4.69) is 44.2 Å². The van der Waals surface area contributed by atoms with Gasteiger partial charge >= 0.3 is 0 Å². The molecule has 0 bridgehead atoms. The van der Waals surface area contributed by atoms with Crippen LogP contribution in [0.5, 0.6) is 0 Å². The number of halogens is 1. The fourth-order valence-electron chi connectivity index (χ4n) is 2.12. The lowest BCUT2D eigenvalue weighted by Crippen LogP contribution is -2.25. The highest BCUT2D eigenvalue weighted by Crippen LogP contribution is 2.37. The van der Waals surface area contributed by atoms with Crippen LogP contribution in [0.4, 0.5) is 0 Å². The molecule has 0 aromatic carbocycles. The van der Waals surface area contributed by atoms with E-state index >= 15 is 0 Å². The molecule has 5 heteroatoms. The maximum absolute atomic E-state index is 12.3. The smallest absolute Gasteiger partial charge is 0.268 e. The summed E-state index contributed by atoms with van der Waals surface area (Å²) in [5, 5.41) is 5.06. The molecule has 19 heavy (non-hydrogen) atoms. The maximum Gasteiger partial charge on any atom is 0.268 e. The standard InChI is InChI=1S/C14H15BrN2OS/c1-9-4-5-19-13(9)7-16-14(18)12-6-10(15)8-17(12)11-2-3-11/h4-6,8,11H,2-3,7H2,1H3,(H,16,18). The van der Waals surface area contributed by atoms with Crippen LogP contribution in [0.25, 0.3) is 0 Å². The first-order valence-corrected chi connectivity index (χ1v) is 8.01. The van der Waals surface area contributed by atoms with E-state index in [1.807, 2.05) is 12.3 Å². The predicted octanol–water partition coefficient (Wildman–Crippen LogP) is 3.89. The maximum atomic E-state index is 12.3. The number of nitrogens with zero attached hydrogens (tertiary/aromatic N) is 1. The molecule has 1 fully saturated rings. The van der Waals surface area contributed by atoms with Crippen LogP contribution in [0.2, 0.25) is 0 Å². The van der Waals surface area contributed by atoms with Gasteiger partial charge in [-0.05, 0) is 58.8 Å². The highest BCUT2D eigenvalue weighted by molar-refractivity contribution is 9.10. The van der Waals surface area contributed by atoms with Crippen molar-refractivity contribution in [2.45, 2.75) is 32.4 Å². The van der Waals surface area contributed by atoms with Crippen LogP contribution >= 0.6 is 27.3 Å². The van der Waals surface area contributed by atoms with Gasteiger partial charge in [0.05, 0.1) is 6.54 Å². The van der Waals surface area contributed by atoms with Crippen LogP contribution in [0.15, 0.2) is 28.2 Å². The van der Waals surface area contributed by atoms with E-state index in [4.69, 9.17) is 0 Å². The molecule has 0 unspecified atom stereocenters. The third-order valence-corrected chi connectivity index (χ3v) is 4.82. The molecule has 0 atom stereocenters. The molecule has 1 N–H and O–H groups in total. The molecular weight excluding hydrogens is 324 g/mol. The number of hydrogen-bond donors (Lipinski definition) is 1. The lowest BCUT2D eigenvalue weighted by molar-refractivity contribution is 0.0942. The molecule has 3 nitrogen and oxygen atoms in total. The molecule has 2 aromatic heterocycles. The minimum Gasteiger partial charge on any atom is -0.346 e. The Morgan fingerprint density at radius 1 is 1.58 bits per heavy atom. The Morgan fingerprint density at radius 2 is 2.37 bits per heavy atom. The second kappa shape index (κ2) is 5.13. The van der Waals surface area contributed by atoms with Gasteiger partial charge in [0.25, 0.3) is 5.91 Å². The van der Waals surface area contributed by atoms with Gasteiger partial charge in [0.1, 0.15) is 5.69 Å². The normalized spacial score (nSPS) is 14.6. The van der Waals surface area contributed by atoms with Crippen LogP contribution in [0, 0.1) is 6.92 Å². The Morgan fingerprint density at radius 3 is 3.00 bits per heavy atom. The third kappa shape index (κ3) is 2.77. The number of hydrogen-bond acceptors (Lipinski definition) is 2. The summed E-state index contributed by atoms with van der Waals surface area (Å²) in [7, 11) is 0. The minimum atomic E-state index is 0.00500. The third-order valence-electron chi connectivity index (χ3n) is 3.37. The first-order valence-electron chi connectivity index (χ1n) is 6.33. The first-order chi connectivity index (χ1) is 9.15. The highest BCUT2D eigenvalue weighted by atomic mass is 79.9. The Hall–Kier alpha value is -1.07. The fraction of sp³-hybridized carbons (Fsp3) is 0.357. The molecule has 0 saturated heterocycles. The fourth-order valence-corrected chi connectivity index (χ4v) is 3.40. The SMILES string of the molecule is Cc1ccsc1CNC(=O)c1cc(Br)cn1C1CC1. The number of amides is 1. The molecule has 0 radical (unpaired) electrons. The number of aromatic nitrogens is 1. The zero-order valence-electron chi connectivity index (χ0n) is 10.6. The quantitative estimate of drug-likeness (QED) is 0.901. The van der Waals surface area contributed by atoms with E-state index in [0.717, 1.165) is 10.2 Å². The Bertz CT molecular complexity index is 613. The molecule has 0 aliphatic heterocycles. The molecule has 2 heterocycles. The van der Waals surface area contributed by atoms with Crippen LogP contribution < -0.4 is 5.32 Å². The minimum absolute atomic E-state index is 0.00500. The van der Waals surface area contributed by atoms with Crippen LogP contribution in [0.1, 0.15) is 39.8 Å². The Balaban J connectivity index is 1.72. The molecule has 2 aromatic rings. The summed E-state index contributed by atoms with van der Waals surface area (Å²) in [5.41, 5.74) is 1.99. The summed E-state index contributed by atoms with van der Waals surface area (Å²) >= 11 is 5.13. The van der Waals surface area contributed by atoms with Gasteiger partial charge in [-0.2, -0.15) is 0 Å². The molecule has 1 amide bonds. The van der Waals surface area contributed by atoms with E-state index in [1.54, 1.807) is 11.3 Å². The largest absolute Gasteiger partial charge is 0.346 e. The summed E-state index contributed by atoms with van der Waals surface area (Å²) in [5.74, 6) is 0.00500. The summed E-state index contributed by atoms with van der Waals surface area (Å²) in [6.07, 6.45) is 4.35. The van der Waals surface area contributed by atoms with Crippen LogP contribution in [-0.2, 0) is 6.54 Å². The molecular formula is C14H15BrN2OS. The summed E-state index contributed by atoms with van der Waals surface area (Å²) in [6.45, 7) is 2.68. The second-order valence-corrected chi connectivity index (χ2v) is 6.81. The second-order valence-electron chi connectivity index (χ2n) is 4.89. The number of thiophene rings is 1. The van der Waals surface area contributed by atoms with Crippen molar-refractivity contribution in [3.63, 3.8) is 0 Å². The summed E-state index contributed by atoms with van der Waals surface area (Å²) < 4.78 is 3.05.